The SMILES string of the molecule is Nc1ncc(N2CCCC2)n1N. The predicted octanol–water partition coefficient (Wildman–Crippen LogP) is -0.221. The number of hydrogen-bond donors (Lipinski definition) is 2. The van der Waals surface area contributed by atoms with Gasteiger partial charge in [0.05, 0.1) is 6.20 Å². The third-order valence-corrected chi connectivity index (χ3v) is 2.24. The van der Waals surface area contributed by atoms with Crippen LogP contribution < -0.4 is 16.5 Å². The molecule has 0 aromatic carbocycles. The van der Waals surface area contributed by atoms with Crippen LogP contribution in [0.3, 0.4) is 0 Å². The summed E-state index contributed by atoms with van der Waals surface area (Å²) in [5, 5.41) is 0. The fraction of sp³-hybridized carbons (Fsp3) is 0.571. The summed E-state index contributed by atoms with van der Waals surface area (Å²) in [5.74, 6) is 6.96. The number of nitrogens with two attached hydrogens (primary N) is 2. The van der Waals surface area contributed by atoms with Crippen LogP contribution in [0.15, 0.2) is 6.20 Å². The van der Waals surface area contributed by atoms with Crippen molar-refractivity contribution in [3.63, 3.8) is 0 Å². The molecule has 0 saturated carbocycles. The first-order chi connectivity index (χ1) is 5.79. The van der Waals surface area contributed by atoms with Crippen molar-refractivity contribution >= 4 is 11.8 Å². The lowest BCUT2D eigenvalue weighted by atomic mass is 10.4. The van der Waals surface area contributed by atoms with E-state index < -0.39 is 0 Å². The lowest BCUT2D eigenvalue weighted by molar-refractivity contribution is 0.885. The largest absolute Gasteiger partial charge is 0.368 e. The molecule has 1 aliphatic rings. The molecule has 0 bridgehead atoms. The molecule has 1 saturated heterocycles. The first kappa shape index (κ1) is 7.27. The van der Waals surface area contributed by atoms with Gasteiger partial charge in [-0.15, -0.1) is 0 Å². The van der Waals surface area contributed by atoms with Gasteiger partial charge in [-0.05, 0) is 12.8 Å². The maximum absolute atomic E-state index is 5.67. The lowest BCUT2D eigenvalue weighted by Crippen LogP contribution is -2.24. The van der Waals surface area contributed by atoms with Crippen molar-refractivity contribution in [2.75, 3.05) is 29.6 Å². The van der Waals surface area contributed by atoms with Crippen LogP contribution in [0.2, 0.25) is 0 Å². The number of nitrogen functional groups attached to an aromatic ring is 2. The van der Waals surface area contributed by atoms with Crippen LogP contribution in [0.5, 0.6) is 0 Å². The summed E-state index contributed by atoms with van der Waals surface area (Å²) in [7, 11) is 0. The van der Waals surface area contributed by atoms with E-state index in [0.29, 0.717) is 5.95 Å². The minimum absolute atomic E-state index is 0.372. The summed E-state index contributed by atoms with van der Waals surface area (Å²) >= 11 is 0. The lowest BCUT2D eigenvalue weighted by Gasteiger charge is -2.16. The van der Waals surface area contributed by atoms with E-state index in [2.05, 4.69) is 9.88 Å². The number of rotatable bonds is 1. The van der Waals surface area contributed by atoms with E-state index in [0.717, 1.165) is 18.9 Å². The zero-order valence-electron chi connectivity index (χ0n) is 6.90. The van der Waals surface area contributed by atoms with E-state index in [1.807, 2.05) is 0 Å². The molecule has 66 valence electrons. The number of hydrogen-bond acceptors (Lipinski definition) is 4. The van der Waals surface area contributed by atoms with Crippen molar-refractivity contribution in [3.8, 4) is 0 Å². The summed E-state index contributed by atoms with van der Waals surface area (Å²) < 4.78 is 1.44. The van der Waals surface area contributed by atoms with Crippen LogP contribution in [0, 0.1) is 0 Å². The van der Waals surface area contributed by atoms with E-state index in [4.69, 9.17) is 11.6 Å². The van der Waals surface area contributed by atoms with Gasteiger partial charge in [-0.3, -0.25) is 0 Å². The fourth-order valence-corrected chi connectivity index (χ4v) is 1.55. The highest BCUT2D eigenvalue weighted by molar-refractivity contribution is 5.45. The van der Waals surface area contributed by atoms with Crippen LogP contribution in [0.1, 0.15) is 12.8 Å². The Balaban J connectivity index is 2.26. The van der Waals surface area contributed by atoms with Crippen LogP contribution in [-0.4, -0.2) is 22.7 Å². The topological polar surface area (TPSA) is 73.1 Å². The molecule has 0 unspecified atom stereocenters. The highest BCUT2D eigenvalue weighted by Crippen LogP contribution is 2.19. The molecule has 0 aliphatic carbocycles. The van der Waals surface area contributed by atoms with Crippen molar-refractivity contribution in [1.82, 2.24) is 9.66 Å². The monoisotopic (exact) mass is 167 g/mol. The minimum atomic E-state index is 0.372. The first-order valence-corrected chi connectivity index (χ1v) is 4.12. The van der Waals surface area contributed by atoms with Crippen molar-refractivity contribution in [3.05, 3.63) is 6.20 Å². The maximum atomic E-state index is 5.67. The van der Waals surface area contributed by atoms with Gasteiger partial charge in [-0.2, -0.15) is 0 Å². The smallest absolute Gasteiger partial charge is 0.220 e. The van der Waals surface area contributed by atoms with E-state index >= 15 is 0 Å². The molecule has 5 heteroatoms. The molecule has 0 spiro atoms. The van der Waals surface area contributed by atoms with Gasteiger partial charge in [-0.1, -0.05) is 0 Å². The Morgan fingerprint density at radius 3 is 2.50 bits per heavy atom. The van der Waals surface area contributed by atoms with Crippen molar-refractivity contribution < 1.29 is 0 Å². The van der Waals surface area contributed by atoms with Crippen molar-refractivity contribution in [1.29, 1.82) is 0 Å². The third-order valence-electron chi connectivity index (χ3n) is 2.24. The number of anilines is 2. The van der Waals surface area contributed by atoms with Crippen LogP contribution in [0.4, 0.5) is 11.8 Å². The molecule has 0 amide bonds. The zero-order valence-corrected chi connectivity index (χ0v) is 6.90. The second-order valence-electron chi connectivity index (χ2n) is 3.04. The molecule has 1 aliphatic heterocycles. The maximum Gasteiger partial charge on any atom is 0.220 e. The van der Waals surface area contributed by atoms with Gasteiger partial charge in [0, 0.05) is 13.1 Å². The molecule has 2 rings (SSSR count). The first-order valence-electron chi connectivity index (χ1n) is 4.12. The third kappa shape index (κ3) is 0.975. The molecule has 2 heterocycles. The molecular formula is C7H13N5. The Hall–Kier alpha value is -1.39. The molecule has 1 fully saturated rings. The van der Waals surface area contributed by atoms with E-state index in [-0.39, 0.29) is 0 Å². The quantitative estimate of drug-likeness (QED) is 0.567. The minimum Gasteiger partial charge on any atom is -0.368 e. The van der Waals surface area contributed by atoms with Crippen molar-refractivity contribution in [2.45, 2.75) is 12.8 Å². The zero-order chi connectivity index (χ0) is 8.55. The molecule has 5 nitrogen and oxygen atoms in total. The average molecular weight is 167 g/mol. The predicted molar refractivity (Wildman–Crippen MR) is 48.2 cm³/mol. The van der Waals surface area contributed by atoms with Crippen LogP contribution in [0.25, 0.3) is 0 Å². The standard InChI is InChI=1S/C7H13N5/c8-7-10-5-6(12(7)9)11-3-1-2-4-11/h5H,1-4,9H2,(H2,8,10). The summed E-state index contributed by atoms with van der Waals surface area (Å²) in [6, 6.07) is 0. The van der Waals surface area contributed by atoms with Gasteiger partial charge in [0.25, 0.3) is 0 Å². The number of aromatic nitrogens is 2. The second kappa shape index (κ2) is 2.58. The highest BCUT2D eigenvalue weighted by atomic mass is 15.4. The van der Waals surface area contributed by atoms with Gasteiger partial charge in [-0.25, -0.2) is 9.66 Å². The molecule has 1 aromatic heterocycles. The van der Waals surface area contributed by atoms with Gasteiger partial charge in [0.2, 0.25) is 5.95 Å². The second-order valence-corrected chi connectivity index (χ2v) is 3.04. The molecule has 4 N–H and O–H groups in total. The van der Waals surface area contributed by atoms with E-state index in [9.17, 15) is 0 Å². The number of imidazole rings is 1. The normalized spacial score (nSPS) is 17.2. The Morgan fingerprint density at radius 1 is 1.33 bits per heavy atom. The summed E-state index contributed by atoms with van der Waals surface area (Å²) in [6.45, 7) is 2.12. The van der Waals surface area contributed by atoms with Gasteiger partial charge < -0.3 is 16.5 Å². The molecule has 1 aromatic rings. The van der Waals surface area contributed by atoms with Gasteiger partial charge >= 0.3 is 0 Å². The highest BCUT2D eigenvalue weighted by Gasteiger charge is 2.16. The molecule has 0 atom stereocenters. The molecule has 0 radical (unpaired) electrons. The summed E-state index contributed by atoms with van der Waals surface area (Å²) in [5.41, 5.74) is 5.51. The fourth-order valence-electron chi connectivity index (χ4n) is 1.55. The van der Waals surface area contributed by atoms with Gasteiger partial charge in [0.1, 0.15) is 5.82 Å². The van der Waals surface area contributed by atoms with E-state index in [1.54, 1.807) is 6.20 Å². The Kier molecular flexibility index (Phi) is 1.56. The van der Waals surface area contributed by atoms with Gasteiger partial charge in [0.15, 0.2) is 0 Å². The van der Waals surface area contributed by atoms with Crippen LogP contribution in [-0.2, 0) is 0 Å². The summed E-state index contributed by atoms with van der Waals surface area (Å²) in [4.78, 5) is 6.13. The average Bonchev–Trinajstić information content (AvgIpc) is 2.64. The molecule has 12 heavy (non-hydrogen) atoms. The Labute approximate surface area is 70.9 Å². The van der Waals surface area contributed by atoms with Crippen molar-refractivity contribution in [2.24, 2.45) is 0 Å². The van der Waals surface area contributed by atoms with E-state index in [1.165, 1.54) is 17.5 Å². The van der Waals surface area contributed by atoms with Crippen LogP contribution >= 0.6 is 0 Å². The summed E-state index contributed by atoms with van der Waals surface area (Å²) in [6.07, 6.45) is 4.18. The molecular weight excluding hydrogens is 154 g/mol. The Morgan fingerprint density at radius 2 is 2.00 bits per heavy atom. The number of nitrogens with zero attached hydrogens (tertiary/aromatic N) is 3. The Bertz CT molecular complexity index is 273.